The smallest absolute Gasteiger partial charge is 0.0586 e. The van der Waals surface area contributed by atoms with Gasteiger partial charge in [-0.25, -0.2) is 0 Å². The van der Waals surface area contributed by atoms with Crippen LogP contribution in [-0.2, 0) is 6.54 Å². The number of likely N-dealkylation sites (N-methyl/N-ethyl adjacent to an activating group) is 1. The standard InChI is InChI=1S/C12H19NO/c1-3-12(10-14)13(2)9-11-7-5-4-6-8-11/h4-8,12,14H,3,9-10H2,1-2H3/t12-/m1/s1. The Morgan fingerprint density at radius 2 is 1.93 bits per heavy atom. The van der Waals surface area contributed by atoms with Gasteiger partial charge in [0.15, 0.2) is 0 Å². The van der Waals surface area contributed by atoms with Gasteiger partial charge in [0.2, 0.25) is 0 Å². The Bertz CT molecular complexity index is 244. The Morgan fingerprint density at radius 3 is 2.43 bits per heavy atom. The Morgan fingerprint density at radius 1 is 1.29 bits per heavy atom. The second kappa shape index (κ2) is 5.78. The van der Waals surface area contributed by atoms with Crippen LogP contribution in [-0.4, -0.2) is 29.7 Å². The van der Waals surface area contributed by atoms with Crippen molar-refractivity contribution >= 4 is 0 Å². The second-order valence-corrected chi connectivity index (χ2v) is 3.65. The molecule has 1 aromatic carbocycles. The van der Waals surface area contributed by atoms with E-state index in [0.717, 1.165) is 13.0 Å². The van der Waals surface area contributed by atoms with Crippen LogP contribution in [0.2, 0.25) is 0 Å². The average molecular weight is 193 g/mol. The minimum absolute atomic E-state index is 0.236. The summed E-state index contributed by atoms with van der Waals surface area (Å²) in [6, 6.07) is 10.6. The maximum absolute atomic E-state index is 9.13. The van der Waals surface area contributed by atoms with Gasteiger partial charge in [-0.3, -0.25) is 4.90 Å². The molecule has 0 radical (unpaired) electrons. The summed E-state index contributed by atoms with van der Waals surface area (Å²) in [7, 11) is 2.05. The summed E-state index contributed by atoms with van der Waals surface area (Å²) in [5.74, 6) is 0. The molecular formula is C12H19NO. The van der Waals surface area contributed by atoms with E-state index in [4.69, 9.17) is 5.11 Å². The lowest BCUT2D eigenvalue weighted by Crippen LogP contribution is -2.33. The van der Waals surface area contributed by atoms with Gasteiger partial charge >= 0.3 is 0 Å². The van der Waals surface area contributed by atoms with Crippen molar-refractivity contribution in [3.05, 3.63) is 35.9 Å². The number of aliphatic hydroxyl groups is 1. The van der Waals surface area contributed by atoms with Crippen molar-refractivity contribution in [3.8, 4) is 0 Å². The lowest BCUT2D eigenvalue weighted by atomic mass is 10.1. The van der Waals surface area contributed by atoms with Crippen LogP contribution in [0.3, 0.4) is 0 Å². The first-order valence-corrected chi connectivity index (χ1v) is 5.13. The van der Waals surface area contributed by atoms with Gasteiger partial charge in [-0.05, 0) is 19.0 Å². The fraction of sp³-hybridized carbons (Fsp3) is 0.500. The topological polar surface area (TPSA) is 23.5 Å². The molecule has 78 valence electrons. The SMILES string of the molecule is CC[C@H](CO)N(C)Cc1ccccc1. The quantitative estimate of drug-likeness (QED) is 0.772. The number of benzene rings is 1. The lowest BCUT2D eigenvalue weighted by Gasteiger charge is -2.25. The highest BCUT2D eigenvalue weighted by atomic mass is 16.3. The Kier molecular flexibility index (Phi) is 4.63. The summed E-state index contributed by atoms with van der Waals surface area (Å²) in [5.41, 5.74) is 1.29. The van der Waals surface area contributed by atoms with Crippen molar-refractivity contribution in [1.29, 1.82) is 0 Å². The minimum atomic E-state index is 0.236. The van der Waals surface area contributed by atoms with E-state index >= 15 is 0 Å². The highest BCUT2D eigenvalue weighted by Crippen LogP contribution is 2.07. The maximum Gasteiger partial charge on any atom is 0.0586 e. The number of aliphatic hydroxyl groups excluding tert-OH is 1. The summed E-state index contributed by atoms with van der Waals surface area (Å²) < 4.78 is 0. The van der Waals surface area contributed by atoms with Crippen molar-refractivity contribution in [2.45, 2.75) is 25.9 Å². The molecule has 0 aliphatic rings. The molecule has 14 heavy (non-hydrogen) atoms. The van der Waals surface area contributed by atoms with Crippen molar-refractivity contribution in [1.82, 2.24) is 4.90 Å². The molecular weight excluding hydrogens is 174 g/mol. The van der Waals surface area contributed by atoms with Crippen molar-refractivity contribution < 1.29 is 5.11 Å². The third kappa shape index (κ3) is 3.13. The molecule has 0 spiro atoms. The van der Waals surface area contributed by atoms with Gasteiger partial charge in [-0.15, -0.1) is 0 Å². The Labute approximate surface area is 86.2 Å². The number of nitrogens with zero attached hydrogens (tertiary/aromatic N) is 1. The molecule has 1 atom stereocenters. The van der Waals surface area contributed by atoms with E-state index in [2.05, 4.69) is 31.0 Å². The van der Waals surface area contributed by atoms with E-state index in [-0.39, 0.29) is 12.6 Å². The lowest BCUT2D eigenvalue weighted by molar-refractivity contribution is 0.138. The average Bonchev–Trinajstić information content (AvgIpc) is 2.21. The summed E-state index contributed by atoms with van der Waals surface area (Å²) in [6.07, 6.45) is 0.986. The summed E-state index contributed by atoms with van der Waals surface area (Å²) in [6.45, 7) is 3.24. The summed E-state index contributed by atoms with van der Waals surface area (Å²) in [4.78, 5) is 2.19. The zero-order valence-electron chi connectivity index (χ0n) is 8.98. The number of rotatable bonds is 5. The van der Waals surface area contributed by atoms with E-state index in [1.165, 1.54) is 5.56 Å². The monoisotopic (exact) mass is 193 g/mol. The largest absolute Gasteiger partial charge is 0.395 e. The van der Waals surface area contributed by atoms with Crippen LogP contribution in [0.15, 0.2) is 30.3 Å². The van der Waals surface area contributed by atoms with E-state index in [1.807, 2.05) is 18.2 Å². The molecule has 0 aromatic heterocycles. The third-order valence-electron chi connectivity index (χ3n) is 2.58. The van der Waals surface area contributed by atoms with Crippen LogP contribution in [0.4, 0.5) is 0 Å². The molecule has 0 saturated heterocycles. The fourth-order valence-electron chi connectivity index (χ4n) is 1.58. The van der Waals surface area contributed by atoms with Crippen molar-refractivity contribution in [2.24, 2.45) is 0 Å². The third-order valence-corrected chi connectivity index (χ3v) is 2.58. The predicted octanol–water partition coefficient (Wildman–Crippen LogP) is 1.89. The zero-order chi connectivity index (χ0) is 10.4. The minimum Gasteiger partial charge on any atom is -0.395 e. The number of hydrogen-bond donors (Lipinski definition) is 1. The van der Waals surface area contributed by atoms with Crippen LogP contribution in [0.1, 0.15) is 18.9 Å². The zero-order valence-corrected chi connectivity index (χ0v) is 8.98. The first-order chi connectivity index (χ1) is 6.77. The molecule has 2 heteroatoms. The summed E-state index contributed by atoms with van der Waals surface area (Å²) in [5, 5.41) is 9.13. The molecule has 0 bridgehead atoms. The van der Waals surface area contributed by atoms with E-state index in [1.54, 1.807) is 0 Å². The van der Waals surface area contributed by atoms with Gasteiger partial charge < -0.3 is 5.11 Å². The van der Waals surface area contributed by atoms with Gasteiger partial charge in [-0.2, -0.15) is 0 Å². The Balaban J connectivity index is 2.52. The first kappa shape index (κ1) is 11.2. The van der Waals surface area contributed by atoms with Gasteiger partial charge in [0, 0.05) is 12.6 Å². The molecule has 1 N–H and O–H groups in total. The molecule has 2 nitrogen and oxygen atoms in total. The predicted molar refractivity (Wildman–Crippen MR) is 59.1 cm³/mol. The number of hydrogen-bond acceptors (Lipinski definition) is 2. The van der Waals surface area contributed by atoms with E-state index in [0.29, 0.717) is 0 Å². The normalized spacial score (nSPS) is 13.1. The van der Waals surface area contributed by atoms with Gasteiger partial charge in [-0.1, -0.05) is 37.3 Å². The van der Waals surface area contributed by atoms with Gasteiger partial charge in [0.25, 0.3) is 0 Å². The van der Waals surface area contributed by atoms with E-state index in [9.17, 15) is 0 Å². The molecule has 0 fully saturated rings. The fourth-order valence-corrected chi connectivity index (χ4v) is 1.58. The Hall–Kier alpha value is -0.860. The van der Waals surface area contributed by atoms with E-state index < -0.39 is 0 Å². The van der Waals surface area contributed by atoms with Crippen LogP contribution in [0, 0.1) is 0 Å². The van der Waals surface area contributed by atoms with Crippen LogP contribution >= 0.6 is 0 Å². The molecule has 0 unspecified atom stereocenters. The van der Waals surface area contributed by atoms with Crippen LogP contribution in [0.25, 0.3) is 0 Å². The molecule has 1 rings (SSSR count). The molecule has 0 aliphatic carbocycles. The molecule has 1 aromatic rings. The van der Waals surface area contributed by atoms with Crippen molar-refractivity contribution in [2.75, 3.05) is 13.7 Å². The van der Waals surface area contributed by atoms with Gasteiger partial charge in [0.1, 0.15) is 0 Å². The highest BCUT2D eigenvalue weighted by Gasteiger charge is 2.10. The van der Waals surface area contributed by atoms with Crippen LogP contribution < -0.4 is 0 Å². The molecule has 0 heterocycles. The van der Waals surface area contributed by atoms with Crippen molar-refractivity contribution in [3.63, 3.8) is 0 Å². The highest BCUT2D eigenvalue weighted by molar-refractivity contribution is 5.14. The summed E-state index contributed by atoms with van der Waals surface area (Å²) >= 11 is 0. The molecule has 0 amide bonds. The van der Waals surface area contributed by atoms with Crippen LogP contribution in [0.5, 0.6) is 0 Å². The molecule has 0 saturated carbocycles. The maximum atomic E-state index is 9.13. The molecule has 0 aliphatic heterocycles. The van der Waals surface area contributed by atoms with Gasteiger partial charge in [0.05, 0.1) is 6.61 Å². The second-order valence-electron chi connectivity index (χ2n) is 3.65. The first-order valence-electron chi connectivity index (χ1n) is 5.13.